The average molecular weight is 272 g/mol. The van der Waals surface area contributed by atoms with Gasteiger partial charge in [0.25, 0.3) is 0 Å². The summed E-state index contributed by atoms with van der Waals surface area (Å²) in [6.07, 6.45) is 10.1. The summed E-state index contributed by atoms with van der Waals surface area (Å²) in [6, 6.07) is 0. The normalized spacial score (nSPS) is 38.4. The van der Waals surface area contributed by atoms with E-state index in [1.807, 2.05) is 13.2 Å². The second kappa shape index (κ2) is 5.06. The zero-order valence-electron chi connectivity index (χ0n) is 12.3. The molecule has 4 bridgehead atoms. The second-order valence-corrected chi connectivity index (χ2v) is 7.11. The molecule has 1 N–H and O–H groups in total. The third-order valence-corrected chi connectivity index (χ3v) is 5.79. The van der Waals surface area contributed by atoms with Crippen LogP contribution in [0.5, 0.6) is 0 Å². The molecule has 108 valence electrons. The van der Waals surface area contributed by atoms with Crippen molar-refractivity contribution in [2.75, 3.05) is 13.6 Å². The molecule has 0 unspecified atom stereocenters. The van der Waals surface area contributed by atoms with Gasteiger partial charge in [-0.3, -0.25) is 0 Å². The van der Waals surface area contributed by atoms with E-state index in [0.29, 0.717) is 5.92 Å². The Balaban J connectivity index is 1.58. The third-order valence-electron chi connectivity index (χ3n) is 5.79. The van der Waals surface area contributed by atoms with Crippen molar-refractivity contribution in [2.24, 2.45) is 23.7 Å². The minimum atomic E-state index is 0.673. The van der Waals surface area contributed by atoms with Crippen molar-refractivity contribution in [1.82, 2.24) is 20.5 Å². The van der Waals surface area contributed by atoms with Gasteiger partial charge >= 0.3 is 0 Å². The maximum Gasteiger partial charge on any atom is 0.152 e. The lowest BCUT2D eigenvalue weighted by molar-refractivity contribution is -0.00441. The van der Waals surface area contributed by atoms with Gasteiger partial charge in [0.15, 0.2) is 5.82 Å². The average Bonchev–Trinajstić information content (AvgIpc) is 2.44. The Morgan fingerprint density at radius 1 is 1.10 bits per heavy atom. The number of nitrogens with one attached hydrogen (secondary N) is 1. The number of aromatic nitrogens is 3. The van der Waals surface area contributed by atoms with Crippen LogP contribution in [0.4, 0.5) is 0 Å². The van der Waals surface area contributed by atoms with Crippen molar-refractivity contribution in [2.45, 2.75) is 44.4 Å². The molecule has 4 fully saturated rings. The minimum Gasteiger partial charge on any atom is -0.319 e. The molecule has 0 saturated heterocycles. The fraction of sp³-hybridized carbons (Fsp3) is 0.812. The lowest BCUT2D eigenvalue weighted by atomic mass is 9.51. The van der Waals surface area contributed by atoms with Crippen LogP contribution in [-0.4, -0.2) is 28.8 Å². The van der Waals surface area contributed by atoms with Gasteiger partial charge in [0.2, 0.25) is 0 Å². The first-order valence-electron chi connectivity index (χ1n) is 8.16. The Labute approximate surface area is 120 Å². The van der Waals surface area contributed by atoms with Crippen LogP contribution in [0.25, 0.3) is 0 Å². The topological polar surface area (TPSA) is 50.7 Å². The first-order chi connectivity index (χ1) is 9.83. The molecule has 5 rings (SSSR count). The van der Waals surface area contributed by atoms with E-state index in [1.54, 1.807) is 0 Å². The zero-order valence-corrected chi connectivity index (χ0v) is 12.3. The zero-order chi connectivity index (χ0) is 13.5. The second-order valence-electron chi connectivity index (χ2n) is 7.11. The van der Waals surface area contributed by atoms with Gasteiger partial charge in [0.1, 0.15) is 0 Å². The SMILES string of the molecule is CNCCc1nncc(C2C3CC4CC(C3)CC2C4)n1. The van der Waals surface area contributed by atoms with Crippen molar-refractivity contribution >= 4 is 0 Å². The van der Waals surface area contributed by atoms with Crippen molar-refractivity contribution in [3.8, 4) is 0 Å². The van der Waals surface area contributed by atoms with Gasteiger partial charge in [-0.25, -0.2) is 4.98 Å². The molecule has 4 saturated carbocycles. The van der Waals surface area contributed by atoms with Crippen molar-refractivity contribution in [1.29, 1.82) is 0 Å². The van der Waals surface area contributed by atoms with Crippen LogP contribution in [0.3, 0.4) is 0 Å². The molecule has 1 aromatic heterocycles. The summed E-state index contributed by atoms with van der Waals surface area (Å²) < 4.78 is 0. The Bertz CT molecular complexity index is 459. The number of nitrogens with zero attached hydrogens (tertiary/aromatic N) is 3. The fourth-order valence-electron chi connectivity index (χ4n) is 5.27. The van der Waals surface area contributed by atoms with Gasteiger partial charge in [0, 0.05) is 18.9 Å². The highest BCUT2D eigenvalue weighted by molar-refractivity contribution is 5.14. The number of hydrogen-bond acceptors (Lipinski definition) is 4. The van der Waals surface area contributed by atoms with Crippen LogP contribution in [0.1, 0.15) is 49.5 Å². The molecule has 0 aromatic carbocycles. The number of rotatable bonds is 4. The van der Waals surface area contributed by atoms with E-state index >= 15 is 0 Å². The first-order valence-corrected chi connectivity index (χ1v) is 8.16. The van der Waals surface area contributed by atoms with Gasteiger partial charge < -0.3 is 5.32 Å². The summed E-state index contributed by atoms with van der Waals surface area (Å²) in [6.45, 7) is 0.923. The Morgan fingerprint density at radius 3 is 2.45 bits per heavy atom. The van der Waals surface area contributed by atoms with Crippen molar-refractivity contribution in [3.63, 3.8) is 0 Å². The molecule has 0 radical (unpaired) electrons. The Hall–Kier alpha value is -1.03. The van der Waals surface area contributed by atoms with Crippen molar-refractivity contribution < 1.29 is 0 Å². The fourth-order valence-corrected chi connectivity index (χ4v) is 5.27. The van der Waals surface area contributed by atoms with Gasteiger partial charge in [-0.1, -0.05) is 0 Å². The number of hydrogen-bond donors (Lipinski definition) is 1. The molecule has 20 heavy (non-hydrogen) atoms. The van der Waals surface area contributed by atoms with Crippen LogP contribution in [0, 0.1) is 23.7 Å². The highest BCUT2D eigenvalue weighted by Crippen LogP contribution is 2.59. The molecular weight excluding hydrogens is 248 g/mol. The highest BCUT2D eigenvalue weighted by atomic mass is 15.1. The molecule has 0 amide bonds. The van der Waals surface area contributed by atoms with E-state index in [-0.39, 0.29) is 0 Å². The smallest absolute Gasteiger partial charge is 0.152 e. The van der Waals surface area contributed by atoms with Crippen LogP contribution in [-0.2, 0) is 6.42 Å². The molecule has 4 aliphatic rings. The molecule has 0 aliphatic heterocycles. The van der Waals surface area contributed by atoms with Crippen LogP contribution in [0.2, 0.25) is 0 Å². The predicted octanol–water partition coefficient (Wildman–Crippen LogP) is 2.17. The molecule has 0 atom stereocenters. The molecule has 4 aliphatic carbocycles. The summed E-state index contributed by atoms with van der Waals surface area (Å²) >= 11 is 0. The molecule has 0 spiro atoms. The summed E-state index contributed by atoms with van der Waals surface area (Å²) in [5, 5.41) is 11.6. The van der Waals surface area contributed by atoms with Crippen LogP contribution in [0.15, 0.2) is 6.20 Å². The largest absolute Gasteiger partial charge is 0.319 e. The van der Waals surface area contributed by atoms with Crippen molar-refractivity contribution in [3.05, 3.63) is 17.7 Å². The molecule has 4 nitrogen and oxygen atoms in total. The Kier molecular flexibility index (Phi) is 3.21. The van der Waals surface area contributed by atoms with Gasteiger partial charge in [-0.15, -0.1) is 5.10 Å². The highest BCUT2D eigenvalue weighted by Gasteiger charge is 2.49. The van der Waals surface area contributed by atoms with E-state index in [0.717, 1.165) is 42.5 Å². The van der Waals surface area contributed by atoms with Crippen LogP contribution < -0.4 is 5.32 Å². The standard InChI is InChI=1S/C16H24N4/c1-17-3-2-15-19-14(9-18-20-15)16-12-5-10-4-11(7-12)8-13(16)6-10/h9-13,16-17H,2-8H2,1H3. The summed E-state index contributed by atoms with van der Waals surface area (Å²) in [5.41, 5.74) is 1.24. The summed E-state index contributed by atoms with van der Waals surface area (Å²) in [7, 11) is 1.97. The quantitative estimate of drug-likeness (QED) is 0.912. The summed E-state index contributed by atoms with van der Waals surface area (Å²) in [4.78, 5) is 4.84. The maximum absolute atomic E-state index is 4.84. The lowest BCUT2D eigenvalue weighted by Crippen LogP contribution is -2.44. The van der Waals surface area contributed by atoms with Gasteiger partial charge in [-0.2, -0.15) is 5.10 Å². The Morgan fingerprint density at radius 2 is 1.80 bits per heavy atom. The molecule has 1 heterocycles. The van der Waals surface area contributed by atoms with E-state index in [2.05, 4.69) is 15.5 Å². The van der Waals surface area contributed by atoms with E-state index < -0.39 is 0 Å². The van der Waals surface area contributed by atoms with E-state index in [1.165, 1.54) is 37.8 Å². The molecular formula is C16H24N4. The monoisotopic (exact) mass is 272 g/mol. The number of likely N-dealkylation sites (N-methyl/N-ethyl adjacent to an activating group) is 1. The van der Waals surface area contributed by atoms with Gasteiger partial charge in [-0.05, 0) is 62.8 Å². The van der Waals surface area contributed by atoms with Crippen LogP contribution >= 0.6 is 0 Å². The predicted molar refractivity (Wildman–Crippen MR) is 77.2 cm³/mol. The minimum absolute atomic E-state index is 0.673. The molecule has 4 heteroatoms. The van der Waals surface area contributed by atoms with E-state index in [9.17, 15) is 0 Å². The van der Waals surface area contributed by atoms with E-state index in [4.69, 9.17) is 4.98 Å². The molecule has 1 aromatic rings. The maximum atomic E-state index is 4.84. The first kappa shape index (κ1) is 12.7. The van der Waals surface area contributed by atoms with Gasteiger partial charge in [0.05, 0.1) is 11.9 Å². The summed E-state index contributed by atoms with van der Waals surface area (Å²) in [5.74, 6) is 5.37. The lowest BCUT2D eigenvalue weighted by Gasteiger charge is -2.54. The third kappa shape index (κ3) is 2.14.